The highest BCUT2D eigenvalue weighted by atomic mass is 32.2. The van der Waals surface area contributed by atoms with Crippen LogP contribution in [0.5, 0.6) is 0 Å². The lowest BCUT2D eigenvalue weighted by Gasteiger charge is -2.20. The van der Waals surface area contributed by atoms with Crippen LogP contribution in [0.15, 0.2) is 64.1 Å². The minimum Gasteiger partial charge on any atom is -0.383 e. The fraction of sp³-hybridized carbons (Fsp3) is 0.423. The molecule has 0 aromatic heterocycles. The van der Waals surface area contributed by atoms with Gasteiger partial charge in [-0.2, -0.15) is 17.8 Å². The molecule has 2 aromatic rings. The zero-order valence-electron chi connectivity index (χ0n) is 21.6. The summed E-state index contributed by atoms with van der Waals surface area (Å²) in [6.07, 6.45) is 1.24. The van der Waals surface area contributed by atoms with Gasteiger partial charge in [0.1, 0.15) is 0 Å². The van der Waals surface area contributed by atoms with Crippen molar-refractivity contribution in [3.63, 3.8) is 0 Å². The lowest BCUT2D eigenvalue weighted by atomic mass is 9.90. The number of amides is 1. The molecule has 0 bridgehead atoms. The Hall–Kier alpha value is -3.12. The highest BCUT2D eigenvalue weighted by Crippen LogP contribution is 2.29. The summed E-state index contributed by atoms with van der Waals surface area (Å²) < 4.78 is 36.3. The molecule has 1 amide bonds. The van der Waals surface area contributed by atoms with Crippen LogP contribution in [0.1, 0.15) is 43.7 Å². The van der Waals surface area contributed by atoms with Crippen LogP contribution in [0.2, 0.25) is 0 Å². The molecule has 11 heteroatoms. The number of carbonyl (C=O) groups is 1. The first-order chi connectivity index (χ1) is 17.8. The van der Waals surface area contributed by atoms with Gasteiger partial charge in [0.05, 0.1) is 25.4 Å². The van der Waals surface area contributed by atoms with Crippen LogP contribution in [-0.4, -0.2) is 75.1 Å². The Labute approximate surface area is 219 Å². The molecule has 1 unspecified atom stereocenters. The molecule has 10 nitrogen and oxygen atoms in total. The first-order valence-electron chi connectivity index (χ1n) is 12.4. The van der Waals surface area contributed by atoms with E-state index in [4.69, 9.17) is 15.6 Å². The third-order valence-electron chi connectivity index (χ3n) is 5.98. The van der Waals surface area contributed by atoms with Gasteiger partial charge in [-0.3, -0.25) is 4.79 Å². The van der Waals surface area contributed by atoms with Crippen LogP contribution in [0.3, 0.4) is 0 Å². The summed E-state index contributed by atoms with van der Waals surface area (Å²) in [7, 11) is -2.45. The van der Waals surface area contributed by atoms with Crippen LogP contribution in [-0.2, 0) is 19.7 Å². The summed E-state index contributed by atoms with van der Waals surface area (Å²) in [5.41, 5.74) is 9.35. The normalized spacial score (nSPS) is 16.2. The zero-order valence-corrected chi connectivity index (χ0v) is 22.4. The highest BCUT2D eigenvalue weighted by Gasteiger charge is 2.32. The number of benzene rings is 2. The van der Waals surface area contributed by atoms with E-state index >= 15 is 0 Å². The largest absolute Gasteiger partial charge is 0.383 e. The van der Waals surface area contributed by atoms with Crippen molar-refractivity contribution in [1.82, 2.24) is 9.31 Å². The zero-order chi connectivity index (χ0) is 26.8. The number of hydrogen-bond acceptors (Lipinski definition) is 6. The molecule has 0 saturated heterocycles. The van der Waals surface area contributed by atoms with Crippen LogP contribution in [0.4, 0.5) is 5.69 Å². The molecule has 0 fully saturated rings. The standard InChI is InChI=1S/C26H36N6O4S/c1-4-9-25(33)28-22-14-12-21(13-15-22)26-23(20-10-7-6-8-11-20)19-32(29-26)24(18-27)30-37(34,35)31(5-2)16-17-36-3/h6-8,10-15,23H,4-5,9,16-19,27H2,1-3H3,(H,28,33). The van der Waals surface area contributed by atoms with Gasteiger partial charge in [0, 0.05) is 38.2 Å². The van der Waals surface area contributed by atoms with Crippen molar-refractivity contribution in [1.29, 1.82) is 0 Å². The third-order valence-corrected chi connectivity index (χ3v) is 7.52. The Morgan fingerprint density at radius 1 is 1.19 bits per heavy atom. The fourth-order valence-electron chi connectivity index (χ4n) is 4.06. The van der Waals surface area contributed by atoms with Gasteiger partial charge in [-0.1, -0.05) is 56.3 Å². The van der Waals surface area contributed by atoms with E-state index in [-0.39, 0.29) is 43.9 Å². The smallest absolute Gasteiger partial charge is 0.324 e. The number of carbonyl (C=O) groups excluding carboxylic acids is 1. The molecule has 1 atom stereocenters. The molecule has 0 aliphatic carbocycles. The predicted molar refractivity (Wildman–Crippen MR) is 147 cm³/mol. The molecule has 0 radical (unpaired) electrons. The van der Waals surface area contributed by atoms with Crippen LogP contribution >= 0.6 is 0 Å². The number of likely N-dealkylation sites (N-methyl/N-ethyl adjacent to an activating group) is 1. The maximum Gasteiger partial charge on any atom is 0.324 e. The van der Waals surface area contributed by atoms with Gasteiger partial charge in [0.25, 0.3) is 0 Å². The molecular formula is C26H36N6O4S. The molecule has 1 aliphatic rings. The minimum absolute atomic E-state index is 0.0292. The Bertz CT molecular complexity index is 1200. The van der Waals surface area contributed by atoms with E-state index in [9.17, 15) is 13.2 Å². The summed E-state index contributed by atoms with van der Waals surface area (Å²) in [5, 5.41) is 9.25. The molecule has 1 heterocycles. The van der Waals surface area contributed by atoms with E-state index in [1.165, 1.54) is 11.4 Å². The Morgan fingerprint density at radius 3 is 2.49 bits per heavy atom. The Balaban J connectivity index is 1.94. The Kier molecular flexibility index (Phi) is 10.3. The van der Waals surface area contributed by atoms with Crippen molar-refractivity contribution in [3.05, 3.63) is 65.7 Å². The number of hydrogen-bond donors (Lipinski definition) is 2. The van der Waals surface area contributed by atoms with Crippen molar-refractivity contribution < 1.29 is 17.9 Å². The maximum atomic E-state index is 13.0. The molecule has 3 N–H and O–H groups in total. The topological polar surface area (TPSA) is 130 Å². The van der Waals surface area contributed by atoms with E-state index < -0.39 is 10.2 Å². The summed E-state index contributed by atoms with van der Waals surface area (Å²) in [4.78, 5) is 12.0. The number of methoxy groups -OCH3 is 1. The fourth-order valence-corrected chi connectivity index (χ4v) is 5.24. The van der Waals surface area contributed by atoms with Gasteiger partial charge in [-0.05, 0) is 29.7 Å². The number of hydrazone groups is 1. The average molecular weight is 529 g/mol. The van der Waals surface area contributed by atoms with Crippen molar-refractivity contribution in [2.75, 3.05) is 45.2 Å². The molecule has 0 saturated carbocycles. The second kappa shape index (κ2) is 13.4. The van der Waals surface area contributed by atoms with E-state index in [2.05, 4.69) is 9.71 Å². The van der Waals surface area contributed by atoms with E-state index in [1.54, 1.807) is 11.9 Å². The van der Waals surface area contributed by atoms with Crippen molar-refractivity contribution in [2.45, 2.75) is 32.6 Å². The molecular weight excluding hydrogens is 492 g/mol. The molecule has 200 valence electrons. The number of anilines is 1. The van der Waals surface area contributed by atoms with Gasteiger partial charge < -0.3 is 15.8 Å². The van der Waals surface area contributed by atoms with E-state index in [0.29, 0.717) is 18.7 Å². The number of nitrogens with two attached hydrogens (primary N) is 1. The number of nitrogens with zero attached hydrogens (tertiary/aromatic N) is 4. The maximum absolute atomic E-state index is 13.0. The second-order valence-electron chi connectivity index (χ2n) is 8.58. The van der Waals surface area contributed by atoms with E-state index in [0.717, 1.165) is 23.3 Å². The van der Waals surface area contributed by atoms with Crippen molar-refractivity contribution in [2.24, 2.45) is 15.2 Å². The summed E-state index contributed by atoms with van der Waals surface area (Å²) >= 11 is 0. The molecule has 3 rings (SSSR count). The van der Waals surface area contributed by atoms with Gasteiger partial charge in [0.2, 0.25) is 5.91 Å². The summed E-state index contributed by atoms with van der Waals surface area (Å²) in [6.45, 7) is 4.72. The SMILES string of the molecule is CCCC(=O)Nc1ccc(C2=NN(C(CN)=NS(=O)(=O)N(CC)CCOC)CC2c2ccccc2)cc1. The van der Waals surface area contributed by atoms with Crippen LogP contribution in [0, 0.1) is 0 Å². The second-order valence-corrected chi connectivity index (χ2v) is 10.2. The molecule has 37 heavy (non-hydrogen) atoms. The highest BCUT2D eigenvalue weighted by molar-refractivity contribution is 7.87. The number of ether oxygens (including phenoxy) is 1. The monoisotopic (exact) mass is 528 g/mol. The first-order valence-corrected chi connectivity index (χ1v) is 13.8. The predicted octanol–water partition coefficient (Wildman–Crippen LogP) is 2.80. The van der Waals surface area contributed by atoms with Gasteiger partial charge >= 0.3 is 10.2 Å². The van der Waals surface area contributed by atoms with Gasteiger partial charge in [-0.25, -0.2) is 5.01 Å². The van der Waals surface area contributed by atoms with Gasteiger partial charge in [0.15, 0.2) is 5.84 Å². The quantitative estimate of drug-likeness (QED) is 0.322. The number of amidine groups is 1. The van der Waals surface area contributed by atoms with Crippen LogP contribution < -0.4 is 11.1 Å². The lowest BCUT2D eigenvalue weighted by molar-refractivity contribution is -0.116. The minimum atomic E-state index is -3.97. The first kappa shape index (κ1) is 28.5. The molecule has 0 spiro atoms. The molecule has 1 aliphatic heterocycles. The van der Waals surface area contributed by atoms with Crippen molar-refractivity contribution >= 4 is 33.4 Å². The molecule has 2 aromatic carbocycles. The number of nitrogens with one attached hydrogen (secondary N) is 1. The van der Waals surface area contributed by atoms with E-state index in [1.807, 2.05) is 61.5 Å². The third kappa shape index (κ3) is 7.45. The van der Waals surface area contributed by atoms with Crippen molar-refractivity contribution in [3.8, 4) is 0 Å². The summed E-state index contributed by atoms with van der Waals surface area (Å²) in [5.74, 6) is 0.00521. The van der Waals surface area contributed by atoms with Crippen LogP contribution in [0.25, 0.3) is 0 Å². The number of rotatable bonds is 12. The van der Waals surface area contributed by atoms with Gasteiger partial charge in [-0.15, -0.1) is 4.40 Å². The average Bonchev–Trinajstić information content (AvgIpc) is 3.34. The summed E-state index contributed by atoms with van der Waals surface area (Å²) in [6, 6.07) is 17.4. The Morgan fingerprint density at radius 2 is 1.89 bits per heavy atom. The lowest BCUT2D eigenvalue weighted by Crippen LogP contribution is -2.37.